The molecule has 6 heteroatoms. The number of ether oxygens (including phenoxy) is 1. The fourth-order valence-electron chi connectivity index (χ4n) is 1.22. The normalized spacial score (nSPS) is 18.8. The van der Waals surface area contributed by atoms with Gasteiger partial charge < -0.3 is 9.84 Å². The molecule has 0 amide bonds. The lowest BCUT2D eigenvalue weighted by atomic mass is 10.1. The van der Waals surface area contributed by atoms with Gasteiger partial charge in [0.25, 0.3) is 0 Å². The van der Waals surface area contributed by atoms with Gasteiger partial charge in [-0.1, -0.05) is 0 Å². The minimum absolute atomic E-state index is 0.184. The third-order valence-electron chi connectivity index (χ3n) is 1.95. The Morgan fingerprint density at radius 1 is 1.47 bits per heavy atom. The first kappa shape index (κ1) is 11.4. The van der Waals surface area contributed by atoms with Crippen molar-refractivity contribution in [1.29, 1.82) is 0 Å². The van der Waals surface area contributed by atoms with Crippen molar-refractivity contribution >= 4 is 49.1 Å². The number of hydrogen-bond donors (Lipinski definition) is 1. The van der Waals surface area contributed by atoms with Gasteiger partial charge in [0.2, 0.25) is 5.90 Å². The maximum absolute atomic E-state index is 9.82. The molecule has 0 saturated carbocycles. The van der Waals surface area contributed by atoms with Gasteiger partial charge in [-0.2, -0.15) is 0 Å². The summed E-state index contributed by atoms with van der Waals surface area (Å²) >= 11 is 8.03. The maximum Gasteiger partial charge on any atom is 0.231 e. The summed E-state index contributed by atoms with van der Waals surface area (Å²) in [6, 6.07) is 0. The summed E-state index contributed by atoms with van der Waals surface area (Å²) in [4.78, 5) is 5.08. The van der Waals surface area contributed by atoms with Gasteiger partial charge in [-0.3, -0.25) is 0 Å². The molecule has 0 aliphatic carbocycles. The van der Waals surface area contributed by atoms with Crippen molar-refractivity contribution in [2.24, 2.45) is 4.99 Å². The van der Waals surface area contributed by atoms with E-state index >= 15 is 0 Å². The molecule has 82 valence electrons. The van der Waals surface area contributed by atoms with Gasteiger partial charge in [0.15, 0.2) is 5.75 Å². The number of halogens is 2. The summed E-state index contributed by atoms with van der Waals surface area (Å²) in [6.07, 6.45) is 0. The van der Waals surface area contributed by atoms with Crippen molar-refractivity contribution in [3.8, 4) is 5.75 Å². The Labute approximate surface area is 108 Å². The average molecular weight is 355 g/mol. The topological polar surface area (TPSA) is 41.8 Å². The van der Waals surface area contributed by atoms with E-state index in [1.165, 1.54) is 11.3 Å². The van der Waals surface area contributed by atoms with E-state index in [4.69, 9.17) is 4.74 Å². The molecule has 1 aromatic rings. The van der Waals surface area contributed by atoms with Crippen molar-refractivity contribution in [3.05, 3.63) is 13.1 Å². The van der Waals surface area contributed by atoms with E-state index in [1.54, 1.807) is 0 Å². The minimum Gasteiger partial charge on any atom is -0.505 e. The second-order valence-electron chi connectivity index (χ2n) is 3.89. The lowest BCUT2D eigenvalue weighted by molar-refractivity contribution is 0.279. The number of hydrogen-bond acceptors (Lipinski definition) is 4. The molecule has 3 nitrogen and oxygen atoms in total. The lowest BCUT2D eigenvalue weighted by Crippen LogP contribution is -2.17. The first-order valence-corrected chi connectivity index (χ1v) is 6.71. The smallest absolute Gasteiger partial charge is 0.231 e. The van der Waals surface area contributed by atoms with Gasteiger partial charge >= 0.3 is 0 Å². The van der Waals surface area contributed by atoms with E-state index in [0.717, 1.165) is 3.79 Å². The van der Waals surface area contributed by atoms with Gasteiger partial charge in [-0.25, -0.2) is 4.99 Å². The molecule has 2 heterocycles. The molecule has 1 N–H and O–H groups in total. The van der Waals surface area contributed by atoms with Crippen molar-refractivity contribution < 1.29 is 9.84 Å². The largest absolute Gasteiger partial charge is 0.505 e. The van der Waals surface area contributed by atoms with Crippen LogP contribution in [0, 0.1) is 0 Å². The Bertz CT molecular complexity index is 440. The van der Waals surface area contributed by atoms with Crippen LogP contribution in [0.3, 0.4) is 0 Å². The van der Waals surface area contributed by atoms with Crippen LogP contribution in [0.5, 0.6) is 5.75 Å². The zero-order valence-corrected chi connectivity index (χ0v) is 12.2. The highest BCUT2D eigenvalue weighted by Gasteiger charge is 2.30. The summed E-state index contributed by atoms with van der Waals surface area (Å²) in [5, 5.41) is 9.82. The van der Waals surface area contributed by atoms with E-state index in [0.29, 0.717) is 21.9 Å². The Kier molecular flexibility index (Phi) is 2.85. The van der Waals surface area contributed by atoms with Crippen molar-refractivity contribution in [2.75, 3.05) is 6.61 Å². The zero-order chi connectivity index (χ0) is 11.2. The Morgan fingerprint density at radius 2 is 2.13 bits per heavy atom. The van der Waals surface area contributed by atoms with Gasteiger partial charge in [-0.15, -0.1) is 11.3 Å². The third kappa shape index (κ3) is 2.07. The van der Waals surface area contributed by atoms with Crippen LogP contribution in [0.4, 0.5) is 0 Å². The third-order valence-corrected chi connectivity index (χ3v) is 5.35. The van der Waals surface area contributed by atoms with Crippen molar-refractivity contribution in [1.82, 2.24) is 0 Å². The first-order chi connectivity index (χ1) is 6.91. The molecule has 1 aliphatic heterocycles. The fourth-order valence-corrected chi connectivity index (χ4v) is 3.22. The predicted octanol–water partition coefficient (Wildman–Crippen LogP) is 3.53. The fraction of sp³-hybridized carbons (Fsp3) is 0.444. The summed E-state index contributed by atoms with van der Waals surface area (Å²) in [7, 11) is 0. The average Bonchev–Trinajstić information content (AvgIpc) is 2.62. The first-order valence-electron chi connectivity index (χ1n) is 4.30. The highest BCUT2D eigenvalue weighted by Crippen LogP contribution is 2.43. The SMILES string of the molecule is CC1(C)COC(c2sc(Br)c(Br)c2O)=N1. The van der Waals surface area contributed by atoms with Gasteiger partial charge in [0.05, 0.1) is 13.8 Å². The molecule has 1 aromatic heterocycles. The standard InChI is InChI=1S/C9H9Br2NO2S/c1-9(2)3-14-8(12-9)6-5(13)4(10)7(11)15-6/h13H,3H2,1-2H3. The molecule has 0 aromatic carbocycles. The van der Waals surface area contributed by atoms with Crippen LogP contribution in [-0.4, -0.2) is 23.2 Å². The van der Waals surface area contributed by atoms with Crippen LogP contribution < -0.4 is 0 Å². The molecule has 1 aliphatic rings. The van der Waals surface area contributed by atoms with Gasteiger partial charge in [0.1, 0.15) is 11.5 Å². The molecular weight excluding hydrogens is 346 g/mol. The molecule has 2 rings (SSSR count). The quantitative estimate of drug-likeness (QED) is 0.838. The second kappa shape index (κ2) is 3.75. The highest BCUT2D eigenvalue weighted by molar-refractivity contribution is 9.13. The Balaban J connectivity index is 2.44. The number of aliphatic imine (C=N–C) groups is 1. The van der Waals surface area contributed by atoms with Crippen LogP contribution in [0.1, 0.15) is 18.7 Å². The molecule has 0 atom stereocenters. The molecule has 0 radical (unpaired) electrons. The van der Waals surface area contributed by atoms with Crippen LogP contribution >= 0.6 is 43.2 Å². The Morgan fingerprint density at radius 3 is 2.53 bits per heavy atom. The summed E-state index contributed by atoms with van der Waals surface area (Å²) < 4.78 is 6.95. The van der Waals surface area contributed by atoms with Crippen LogP contribution in [-0.2, 0) is 4.74 Å². The van der Waals surface area contributed by atoms with E-state index in [1.807, 2.05) is 13.8 Å². The summed E-state index contributed by atoms with van der Waals surface area (Å²) in [5.41, 5.74) is -0.204. The van der Waals surface area contributed by atoms with Crippen LogP contribution in [0.25, 0.3) is 0 Å². The molecule has 0 spiro atoms. The van der Waals surface area contributed by atoms with E-state index in [9.17, 15) is 5.11 Å². The van der Waals surface area contributed by atoms with Crippen LogP contribution in [0.2, 0.25) is 0 Å². The monoisotopic (exact) mass is 353 g/mol. The van der Waals surface area contributed by atoms with Crippen molar-refractivity contribution in [2.45, 2.75) is 19.4 Å². The second-order valence-corrected chi connectivity index (χ2v) is 7.02. The molecular formula is C9H9Br2NO2S. The van der Waals surface area contributed by atoms with Crippen molar-refractivity contribution in [3.63, 3.8) is 0 Å². The number of nitrogens with zero attached hydrogens (tertiary/aromatic N) is 1. The maximum atomic E-state index is 9.82. The molecule has 0 fully saturated rings. The molecule has 0 saturated heterocycles. The number of thiophene rings is 1. The molecule has 0 bridgehead atoms. The van der Waals surface area contributed by atoms with E-state index in [2.05, 4.69) is 36.9 Å². The number of rotatable bonds is 1. The summed E-state index contributed by atoms with van der Waals surface area (Å²) in [5.74, 6) is 0.706. The predicted molar refractivity (Wildman–Crippen MR) is 68.0 cm³/mol. The lowest BCUT2D eigenvalue weighted by Gasteiger charge is -2.07. The van der Waals surface area contributed by atoms with Gasteiger partial charge in [-0.05, 0) is 45.7 Å². The van der Waals surface area contributed by atoms with Crippen LogP contribution in [0.15, 0.2) is 13.3 Å². The summed E-state index contributed by atoms with van der Waals surface area (Å²) in [6.45, 7) is 4.54. The zero-order valence-electron chi connectivity index (χ0n) is 8.17. The van der Waals surface area contributed by atoms with E-state index < -0.39 is 0 Å². The minimum atomic E-state index is -0.204. The van der Waals surface area contributed by atoms with E-state index in [-0.39, 0.29) is 11.3 Å². The highest BCUT2D eigenvalue weighted by atomic mass is 79.9. The Hall–Kier alpha value is -0.0700. The number of aromatic hydroxyl groups is 1. The molecule has 15 heavy (non-hydrogen) atoms. The van der Waals surface area contributed by atoms with Gasteiger partial charge in [0, 0.05) is 0 Å². The molecule has 0 unspecified atom stereocenters.